The molecule has 0 spiro atoms. The minimum atomic E-state index is -3.59. The molecule has 4 rings (SSSR count). The molecule has 31 heavy (non-hydrogen) atoms. The number of hydrogen-bond donors (Lipinski definition) is 2. The molecule has 0 fully saturated rings. The monoisotopic (exact) mass is 464 g/mol. The fraction of sp³-hybridized carbons (Fsp3) is 0.429. The van der Waals surface area contributed by atoms with Crippen LogP contribution in [0.5, 0.6) is 11.5 Å². The number of nitrogens with zero attached hydrogens (tertiary/aromatic N) is 2. The van der Waals surface area contributed by atoms with E-state index in [1.165, 1.54) is 23.3 Å². The Hall–Kier alpha value is -2.14. The van der Waals surface area contributed by atoms with Crippen LogP contribution in [0.2, 0.25) is 0 Å². The molecule has 3 heterocycles. The number of allylic oxidation sites excluding steroid dienone is 2. The van der Waals surface area contributed by atoms with Gasteiger partial charge in [0.05, 0.1) is 32.1 Å². The van der Waals surface area contributed by atoms with Gasteiger partial charge in [-0.05, 0) is 61.2 Å². The second-order valence-electron chi connectivity index (χ2n) is 7.65. The van der Waals surface area contributed by atoms with Crippen LogP contribution in [-0.2, 0) is 23.0 Å². The van der Waals surface area contributed by atoms with Crippen LogP contribution < -0.4 is 18.9 Å². The summed E-state index contributed by atoms with van der Waals surface area (Å²) in [5.74, 6) is 1.50. The van der Waals surface area contributed by atoms with Gasteiger partial charge in [0.1, 0.15) is 4.91 Å². The maximum absolute atomic E-state index is 12.9. The predicted molar refractivity (Wildman–Crippen MR) is 123 cm³/mol. The summed E-state index contributed by atoms with van der Waals surface area (Å²) in [7, 11) is -0.294. The Balaban J connectivity index is 1.33. The first kappa shape index (κ1) is 22.1. The van der Waals surface area contributed by atoms with Crippen LogP contribution >= 0.6 is 12.1 Å². The summed E-state index contributed by atoms with van der Waals surface area (Å²) in [4.78, 5) is 2.68. The first-order valence-corrected chi connectivity index (χ1v) is 12.5. The van der Waals surface area contributed by atoms with Gasteiger partial charge in [-0.25, -0.2) is 13.1 Å². The average molecular weight is 465 g/mol. The number of benzene rings is 1. The van der Waals surface area contributed by atoms with E-state index in [2.05, 4.69) is 20.4 Å². The van der Waals surface area contributed by atoms with Crippen molar-refractivity contribution >= 4 is 22.2 Å². The Morgan fingerprint density at radius 2 is 1.94 bits per heavy atom. The summed E-state index contributed by atoms with van der Waals surface area (Å²) in [5.41, 5.74) is 3.91. The van der Waals surface area contributed by atoms with E-state index in [0.29, 0.717) is 17.1 Å². The number of nitrogens with one attached hydrogen (secondary N) is 2. The van der Waals surface area contributed by atoms with Crippen molar-refractivity contribution in [1.82, 2.24) is 18.6 Å². The van der Waals surface area contributed by atoms with Gasteiger partial charge in [-0.15, -0.1) is 0 Å². The fourth-order valence-electron chi connectivity index (χ4n) is 4.05. The summed E-state index contributed by atoms with van der Waals surface area (Å²) in [6, 6.07) is 4.10. The lowest BCUT2D eigenvalue weighted by molar-refractivity contribution is 0.250. The Kier molecular flexibility index (Phi) is 6.52. The SMILES string of the molecule is COc1cc2c(cc1OC)CN(CCCNS(=O)(=O)C1=C(C)C=CN3SNC=C13)CC2. The van der Waals surface area contributed by atoms with Gasteiger partial charge in [-0.1, -0.05) is 0 Å². The van der Waals surface area contributed by atoms with Crippen molar-refractivity contribution < 1.29 is 17.9 Å². The first-order chi connectivity index (χ1) is 14.9. The summed E-state index contributed by atoms with van der Waals surface area (Å²) < 4.78 is 44.3. The number of hydrogen-bond acceptors (Lipinski definition) is 8. The second-order valence-corrected chi connectivity index (χ2v) is 10.2. The third-order valence-corrected chi connectivity index (χ3v) is 8.03. The number of fused-ring (bicyclic) bond motifs is 2. The molecule has 0 bridgehead atoms. The molecule has 2 N–H and O–H groups in total. The van der Waals surface area contributed by atoms with E-state index in [4.69, 9.17) is 9.47 Å². The number of rotatable bonds is 8. The van der Waals surface area contributed by atoms with Crippen LogP contribution in [0.3, 0.4) is 0 Å². The smallest absolute Gasteiger partial charge is 0.242 e. The largest absolute Gasteiger partial charge is 0.493 e. The highest BCUT2D eigenvalue weighted by Gasteiger charge is 2.31. The van der Waals surface area contributed by atoms with Gasteiger partial charge >= 0.3 is 0 Å². The Bertz CT molecular complexity index is 1050. The third-order valence-electron chi connectivity index (χ3n) is 5.64. The molecule has 0 saturated carbocycles. The first-order valence-electron chi connectivity index (χ1n) is 10.2. The lowest BCUT2D eigenvalue weighted by Crippen LogP contribution is -2.34. The topological polar surface area (TPSA) is 83.1 Å². The lowest BCUT2D eigenvalue weighted by Gasteiger charge is -2.29. The maximum atomic E-state index is 12.9. The summed E-state index contributed by atoms with van der Waals surface area (Å²) >= 11 is 1.35. The van der Waals surface area contributed by atoms with Gasteiger partial charge in [0.15, 0.2) is 11.5 Å². The van der Waals surface area contributed by atoms with Gasteiger partial charge in [-0.2, -0.15) is 0 Å². The number of methoxy groups -OCH3 is 2. The molecule has 0 aromatic heterocycles. The zero-order valence-corrected chi connectivity index (χ0v) is 19.6. The van der Waals surface area contributed by atoms with Crippen molar-refractivity contribution in [3.63, 3.8) is 0 Å². The minimum absolute atomic E-state index is 0.334. The molecule has 1 aromatic carbocycles. The van der Waals surface area contributed by atoms with Crippen molar-refractivity contribution in [3.05, 3.63) is 57.9 Å². The molecule has 0 aliphatic carbocycles. The molecule has 0 amide bonds. The van der Waals surface area contributed by atoms with Crippen molar-refractivity contribution in [2.75, 3.05) is 33.9 Å². The highest BCUT2D eigenvalue weighted by Crippen LogP contribution is 2.36. The van der Waals surface area contributed by atoms with E-state index in [1.807, 2.05) is 29.6 Å². The average Bonchev–Trinajstić information content (AvgIpc) is 3.23. The van der Waals surface area contributed by atoms with Gasteiger partial charge in [0, 0.05) is 32.0 Å². The van der Waals surface area contributed by atoms with E-state index >= 15 is 0 Å². The summed E-state index contributed by atoms with van der Waals surface area (Å²) in [6.45, 7) is 4.80. The molecule has 0 unspecified atom stereocenters. The van der Waals surface area contributed by atoms with Crippen molar-refractivity contribution in [2.45, 2.75) is 26.3 Å². The van der Waals surface area contributed by atoms with Gasteiger partial charge in [0.2, 0.25) is 10.0 Å². The number of ether oxygens (including phenoxy) is 2. The Morgan fingerprint density at radius 3 is 2.68 bits per heavy atom. The van der Waals surface area contributed by atoms with Crippen molar-refractivity contribution in [1.29, 1.82) is 0 Å². The molecule has 8 nitrogen and oxygen atoms in total. The molecular weight excluding hydrogens is 436 g/mol. The van der Waals surface area contributed by atoms with E-state index < -0.39 is 10.0 Å². The maximum Gasteiger partial charge on any atom is 0.242 e. The Morgan fingerprint density at radius 1 is 1.19 bits per heavy atom. The normalized spacial score (nSPS) is 18.4. The Labute approximate surface area is 188 Å². The van der Waals surface area contributed by atoms with Gasteiger partial charge in [-0.3, -0.25) is 9.21 Å². The van der Waals surface area contributed by atoms with Crippen LogP contribution in [-0.4, -0.2) is 51.5 Å². The molecule has 168 valence electrons. The highest BCUT2D eigenvalue weighted by atomic mass is 32.2. The predicted octanol–water partition coefficient (Wildman–Crippen LogP) is 2.48. The zero-order chi connectivity index (χ0) is 22.0. The van der Waals surface area contributed by atoms with Gasteiger partial charge < -0.3 is 14.2 Å². The van der Waals surface area contributed by atoms with Crippen molar-refractivity contribution in [3.8, 4) is 11.5 Å². The zero-order valence-electron chi connectivity index (χ0n) is 18.0. The van der Waals surface area contributed by atoms with E-state index in [0.717, 1.165) is 49.5 Å². The van der Waals surface area contributed by atoms with E-state index in [1.54, 1.807) is 20.4 Å². The molecule has 3 aliphatic rings. The van der Waals surface area contributed by atoms with Crippen LogP contribution in [0.1, 0.15) is 24.5 Å². The molecule has 0 radical (unpaired) electrons. The molecule has 0 saturated heterocycles. The van der Waals surface area contributed by atoms with E-state index in [9.17, 15) is 8.42 Å². The summed E-state index contributed by atoms with van der Waals surface area (Å²) in [6.07, 6.45) is 7.08. The van der Waals surface area contributed by atoms with Crippen LogP contribution in [0.25, 0.3) is 0 Å². The summed E-state index contributed by atoms with van der Waals surface area (Å²) in [5, 5.41) is 0. The van der Waals surface area contributed by atoms with E-state index in [-0.39, 0.29) is 0 Å². The number of sulfonamides is 1. The molecule has 0 atom stereocenters. The molecular formula is C21H28N4O4S2. The molecule has 1 aromatic rings. The minimum Gasteiger partial charge on any atom is -0.493 e. The standard InChI is InChI=1S/C21H28N4O4S2/c1-15-5-10-25-18(13-22-30-25)21(15)31(26,27)23-7-4-8-24-9-6-16-11-19(28-2)20(29-3)12-17(16)14-24/h5,10-13,22-23H,4,6-9,14H2,1-3H3. The lowest BCUT2D eigenvalue weighted by atomic mass is 9.98. The van der Waals surface area contributed by atoms with Crippen LogP contribution in [0, 0.1) is 0 Å². The third kappa shape index (κ3) is 4.57. The van der Waals surface area contributed by atoms with Crippen LogP contribution in [0.15, 0.2) is 46.8 Å². The van der Waals surface area contributed by atoms with Crippen molar-refractivity contribution in [2.24, 2.45) is 0 Å². The van der Waals surface area contributed by atoms with Gasteiger partial charge in [0.25, 0.3) is 0 Å². The quantitative estimate of drug-likeness (QED) is 0.449. The second kappa shape index (κ2) is 9.15. The highest BCUT2D eigenvalue weighted by molar-refractivity contribution is 7.96. The molecule has 3 aliphatic heterocycles. The molecule has 10 heteroatoms. The van der Waals surface area contributed by atoms with Crippen LogP contribution in [0.4, 0.5) is 0 Å². The fourth-order valence-corrected chi connectivity index (χ4v) is 6.23.